The number of likely N-dealkylation sites (N-methyl/N-ethyl adjacent to an activating group) is 1. The molecule has 4 aromatic rings. The van der Waals surface area contributed by atoms with Crippen LogP contribution in [0.25, 0.3) is 0 Å². The molecule has 0 saturated heterocycles. The molecule has 0 aliphatic carbocycles. The van der Waals surface area contributed by atoms with Gasteiger partial charge in [-0.2, -0.15) is 0 Å². The molecule has 41 heavy (non-hydrogen) atoms. The zero-order valence-electron chi connectivity index (χ0n) is 22.9. The number of aryl methyl sites for hydroxylation is 1. The zero-order valence-corrected chi connectivity index (χ0v) is 24.5. The van der Waals surface area contributed by atoms with Gasteiger partial charge in [0, 0.05) is 25.0 Å². The molecule has 0 heterocycles. The highest BCUT2D eigenvalue weighted by atomic mass is 35.5. The Morgan fingerprint density at radius 1 is 0.854 bits per heavy atom. The average molecular weight is 590 g/mol. The molecule has 4 aromatic carbocycles. The number of amides is 2. The maximum atomic E-state index is 14.3. The van der Waals surface area contributed by atoms with Crippen LogP contribution in [0.2, 0.25) is 5.02 Å². The molecule has 0 spiro atoms. The summed E-state index contributed by atoms with van der Waals surface area (Å²) in [5.74, 6) is -0.919. The third-order valence-electron chi connectivity index (χ3n) is 6.72. The lowest BCUT2D eigenvalue weighted by molar-refractivity contribution is -0.139. The second kappa shape index (κ2) is 13.5. The van der Waals surface area contributed by atoms with E-state index < -0.39 is 28.5 Å². The Bertz CT molecular complexity index is 1600. The smallest absolute Gasteiger partial charge is 0.264 e. The van der Waals surface area contributed by atoms with Crippen LogP contribution in [0.4, 0.5) is 5.69 Å². The predicted molar refractivity (Wildman–Crippen MR) is 162 cm³/mol. The highest BCUT2D eigenvalue weighted by Crippen LogP contribution is 2.26. The molecule has 2 amide bonds. The van der Waals surface area contributed by atoms with Crippen LogP contribution in [0, 0.1) is 6.92 Å². The summed E-state index contributed by atoms with van der Waals surface area (Å²) >= 11 is 6.48. The van der Waals surface area contributed by atoms with Gasteiger partial charge in [-0.3, -0.25) is 13.9 Å². The standard InChI is InChI=1S/C32H32ClN3O4S/c1-24-12-11-16-27(20-24)36(41(39,40)28-17-7-4-8-18-28)23-31(37)35(22-26-15-9-10-19-29(26)33)30(32(38)34-2)21-25-13-5-3-6-14-25/h3-20,30H,21-23H2,1-2H3,(H,34,38)/t30-/m0/s1. The highest BCUT2D eigenvalue weighted by molar-refractivity contribution is 7.92. The first kappa shape index (κ1) is 29.8. The van der Waals surface area contributed by atoms with Crippen LogP contribution in [-0.2, 0) is 32.6 Å². The van der Waals surface area contributed by atoms with Gasteiger partial charge in [0.2, 0.25) is 11.8 Å². The summed E-state index contributed by atoms with van der Waals surface area (Å²) in [7, 11) is -2.62. The van der Waals surface area contributed by atoms with Crippen molar-refractivity contribution in [2.45, 2.75) is 30.8 Å². The Morgan fingerprint density at radius 2 is 1.49 bits per heavy atom. The molecule has 4 rings (SSSR count). The van der Waals surface area contributed by atoms with Crippen LogP contribution < -0.4 is 9.62 Å². The van der Waals surface area contributed by atoms with Gasteiger partial charge in [0.25, 0.3) is 10.0 Å². The molecule has 0 bridgehead atoms. The van der Waals surface area contributed by atoms with E-state index in [4.69, 9.17) is 11.6 Å². The minimum atomic E-state index is -4.13. The van der Waals surface area contributed by atoms with Crippen molar-refractivity contribution in [2.75, 3.05) is 17.9 Å². The summed E-state index contributed by atoms with van der Waals surface area (Å²) < 4.78 is 28.9. The molecule has 9 heteroatoms. The molecule has 7 nitrogen and oxygen atoms in total. The Hall–Kier alpha value is -4.14. The van der Waals surface area contributed by atoms with Gasteiger partial charge in [-0.15, -0.1) is 0 Å². The van der Waals surface area contributed by atoms with Crippen LogP contribution >= 0.6 is 11.6 Å². The molecule has 0 saturated carbocycles. The molecule has 1 atom stereocenters. The summed E-state index contributed by atoms with van der Waals surface area (Å²) in [5, 5.41) is 3.11. The maximum Gasteiger partial charge on any atom is 0.264 e. The number of nitrogens with zero attached hydrogens (tertiary/aromatic N) is 2. The number of hydrogen-bond donors (Lipinski definition) is 1. The lowest BCUT2D eigenvalue weighted by Crippen LogP contribution is -2.53. The van der Waals surface area contributed by atoms with E-state index in [1.807, 2.05) is 43.3 Å². The molecular weight excluding hydrogens is 558 g/mol. The third kappa shape index (κ3) is 7.34. The van der Waals surface area contributed by atoms with Gasteiger partial charge in [0.05, 0.1) is 10.6 Å². The first-order valence-electron chi connectivity index (χ1n) is 13.1. The highest BCUT2D eigenvalue weighted by Gasteiger charge is 2.34. The Morgan fingerprint density at radius 3 is 2.12 bits per heavy atom. The van der Waals surface area contributed by atoms with Crippen LogP contribution in [0.1, 0.15) is 16.7 Å². The van der Waals surface area contributed by atoms with Gasteiger partial charge < -0.3 is 10.2 Å². The Balaban J connectivity index is 1.79. The van der Waals surface area contributed by atoms with E-state index >= 15 is 0 Å². The normalized spacial score (nSPS) is 11.9. The van der Waals surface area contributed by atoms with Gasteiger partial charge in [0.15, 0.2) is 0 Å². The van der Waals surface area contributed by atoms with Crippen molar-refractivity contribution in [3.63, 3.8) is 0 Å². The number of halogens is 1. The predicted octanol–water partition coefficient (Wildman–Crippen LogP) is 5.23. The number of rotatable bonds is 11. The Kier molecular flexibility index (Phi) is 9.81. The largest absolute Gasteiger partial charge is 0.357 e. The second-order valence-electron chi connectivity index (χ2n) is 9.60. The molecule has 0 unspecified atom stereocenters. The lowest BCUT2D eigenvalue weighted by Gasteiger charge is -2.33. The fourth-order valence-corrected chi connectivity index (χ4v) is 6.18. The van der Waals surface area contributed by atoms with E-state index in [0.29, 0.717) is 16.3 Å². The van der Waals surface area contributed by atoms with Crippen molar-refractivity contribution in [1.29, 1.82) is 0 Å². The summed E-state index contributed by atoms with van der Waals surface area (Å²) in [6.07, 6.45) is 0.229. The van der Waals surface area contributed by atoms with Gasteiger partial charge in [-0.25, -0.2) is 8.42 Å². The Labute approximate surface area is 246 Å². The monoisotopic (exact) mass is 589 g/mol. The third-order valence-corrected chi connectivity index (χ3v) is 8.87. The van der Waals surface area contributed by atoms with Crippen LogP contribution in [0.5, 0.6) is 0 Å². The van der Waals surface area contributed by atoms with Crippen molar-refractivity contribution < 1.29 is 18.0 Å². The van der Waals surface area contributed by atoms with Crippen molar-refractivity contribution >= 4 is 39.1 Å². The fourth-order valence-electron chi connectivity index (χ4n) is 4.56. The number of hydrogen-bond acceptors (Lipinski definition) is 4. The van der Waals surface area contributed by atoms with Crippen molar-refractivity contribution in [2.24, 2.45) is 0 Å². The average Bonchev–Trinajstić information content (AvgIpc) is 2.99. The second-order valence-corrected chi connectivity index (χ2v) is 11.9. The summed E-state index contributed by atoms with van der Waals surface area (Å²) in [5.41, 5.74) is 2.67. The van der Waals surface area contributed by atoms with Crippen molar-refractivity contribution in [1.82, 2.24) is 10.2 Å². The van der Waals surface area contributed by atoms with E-state index in [2.05, 4.69) is 5.32 Å². The topological polar surface area (TPSA) is 86.8 Å². The number of carbonyl (C=O) groups excluding carboxylic acids is 2. The van der Waals surface area contributed by atoms with Gasteiger partial charge in [-0.1, -0.05) is 90.5 Å². The molecule has 212 valence electrons. The summed E-state index contributed by atoms with van der Waals surface area (Å²) in [6.45, 7) is 1.34. The summed E-state index contributed by atoms with van der Waals surface area (Å²) in [4.78, 5) is 29.0. The molecule has 0 aromatic heterocycles. The van der Waals surface area contributed by atoms with E-state index in [9.17, 15) is 18.0 Å². The van der Waals surface area contributed by atoms with Crippen molar-refractivity contribution in [3.05, 3.63) is 131 Å². The zero-order chi connectivity index (χ0) is 29.4. The van der Waals surface area contributed by atoms with Gasteiger partial charge in [0.1, 0.15) is 12.6 Å². The molecule has 0 aliphatic heterocycles. The number of anilines is 1. The van der Waals surface area contributed by atoms with Crippen LogP contribution in [0.15, 0.2) is 114 Å². The first-order valence-corrected chi connectivity index (χ1v) is 15.0. The number of carbonyl (C=O) groups is 2. The molecule has 0 fully saturated rings. The van der Waals surface area contributed by atoms with Crippen LogP contribution in [-0.4, -0.2) is 44.8 Å². The molecule has 0 aliphatic rings. The van der Waals surface area contributed by atoms with E-state index in [0.717, 1.165) is 15.4 Å². The minimum absolute atomic E-state index is 0.0104. The molecule has 1 N–H and O–H groups in total. The SMILES string of the molecule is CNC(=O)[C@H](Cc1ccccc1)N(Cc1ccccc1Cl)C(=O)CN(c1cccc(C)c1)S(=O)(=O)c1ccccc1. The quantitative estimate of drug-likeness (QED) is 0.260. The lowest BCUT2D eigenvalue weighted by atomic mass is 10.0. The summed E-state index contributed by atoms with van der Waals surface area (Å²) in [6, 6.07) is 30.5. The van der Waals surface area contributed by atoms with E-state index in [-0.39, 0.29) is 23.8 Å². The van der Waals surface area contributed by atoms with E-state index in [1.54, 1.807) is 60.7 Å². The number of benzene rings is 4. The van der Waals surface area contributed by atoms with Crippen LogP contribution in [0.3, 0.4) is 0 Å². The first-order chi connectivity index (χ1) is 19.7. The van der Waals surface area contributed by atoms with Crippen molar-refractivity contribution in [3.8, 4) is 0 Å². The van der Waals surface area contributed by atoms with E-state index in [1.165, 1.54) is 24.1 Å². The fraction of sp³-hybridized carbons (Fsp3) is 0.188. The minimum Gasteiger partial charge on any atom is -0.357 e. The molecular formula is C32H32ClN3O4S. The van der Waals surface area contributed by atoms with Gasteiger partial charge >= 0.3 is 0 Å². The maximum absolute atomic E-state index is 14.3. The van der Waals surface area contributed by atoms with Gasteiger partial charge in [-0.05, 0) is 53.9 Å². The number of nitrogens with one attached hydrogen (secondary N) is 1. The molecule has 0 radical (unpaired) electrons. The number of sulfonamides is 1.